The lowest BCUT2D eigenvalue weighted by molar-refractivity contribution is 0.101. The number of carbonyl (C=O) groups is 1. The maximum Gasteiger partial charge on any atom is 0.159 e. The topological polar surface area (TPSA) is 54.1 Å². The second-order valence-corrected chi connectivity index (χ2v) is 5.23. The number of H-pyrrole nitrogens is 1. The number of aromatic nitrogens is 1. The first kappa shape index (κ1) is 21.3. The molecule has 0 unspecified atom stereocenters. The van der Waals surface area contributed by atoms with Crippen LogP contribution in [-0.2, 0) is 6.54 Å². The highest BCUT2D eigenvalue weighted by Gasteiger charge is 2.04. The van der Waals surface area contributed by atoms with Gasteiger partial charge < -0.3 is 15.0 Å². The van der Waals surface area contributed by atoms with Crippen LogP contribution in [0, 0.1) is 0 Å². The van der Waals surface area contributed by atoms with Gasteiger partial charge in [-0.25, -0.2) is 0 Å². The Labute approximate surface area is 156 Å². The van der Waals surface area contributed by atoms with Gasteiger partial charge in [-0.05, 0) is 55.5 Å². The molecular formula is C22H30N2O2. The molecule has 140 valence electrons. The molecule has 0 aliphatic heterocycles. The number of hydrogen-bond donors (Lipinski definition) is 2. The van der Waals surface area contributed by atoms with Gasteiger partial charge in [-0.3, -0.25) is 4.79 Å². The smallest absolute Gasteiger partial charge is 0.159 e. The van der Waals surface area contributed by atoms with Crippen molar-refractivity contribution in [1.29, 1.82) is 0 Å². The molecule has 0 saturated heterocycles. The van der Waals surface area contributed by atoms with Gasteiger partial charge in [0.15, 0.2) is 5.78 Å². The van der Waals surface area contributed by atoms with Gasteiger partial charge in [0, 0.05) is 27.8 Å². The third-order valence-electron chi connectivity index (χ3n) is 3.66. The summed E-state index contributed by atoms with van der Waals surface area (Å²) < 4.78 is 5.14. The highest BCUT2D eigenvalue weighted by Crippen LogP contribution is 2.19. The first-order chi connectivity index (χ1) is 12.7. The molecule has 4 nitrogen and oxygen atoms in total. The van der Waals surface area contributed by atoms with Gasteiger partial charge in [-0.1, -0.05) is 27.7 Å². The molecule has 3 aromatic rings. The third-order valence-corrected chi connectivity index (χ3v) is 3.66. The lowest BCUT2D eigenvalue weighted by Crippen LogP contribution is -1.99. The lowest BCUT2D eigenvalue weighted by atomic mass is 10.1. The normalized spacial score (nSPS) is 9.46. The Morgan fingerprint density at radius 3 is 2.23 bits per heavy atom. The van der Waals surface area contributed by atoms with E-state index in [0.717, 1.165) is 33.6 Å². The molecular weight excluding hydrogens is 324 g/mol. The van der Waals surface area contributed by atoms with E-state index in [-0.39, 0.29) is 5.78 Å². The first-order valence-electron chi connectivity index (χ1n) is 9.16. The molecule has 4 heteroatoms. The van der Waals surface area contributed by atoms with Crippen LogP contribution in [0.15, 0.2) is 48.5 Å². The SMILES string of the molecule is CC.CC.COc1ccc(NCc2cc3cc(C(C)=O)ccc3[nH]2)cc1. The third kappa shape index (κ3) is 5.66. The number of benzene rings is 2. The van der Waals surface area contributed by atoms with Crippen LogP contribution in [0.4, 0.5) is 5.69 Å². The highest BCUT2D eigenvalue weighted by molar-refractivity contribution is 5.98. The van der Waals surface area contributed by atoms with E-state index >= 15 is 0 Å². The highest BCUT2D eigenvalue weighted by atomic mass is 16.5. The molecule has 0 atom stereocenters. The van der Waals surface area contributed by atoms with E-state index in [9.17, 15) is 4.79 Å². The second kappa shape index (κ2) is 11.0. The summed E-state index contributed by atoms with van der Waals surface area (Å²) in [5, 5.41) is 4.41. The van der Waals surface area contributed by atoms with Crippen LogP contribution in [0.25, 0.3) is 10.9 Å². The predicted molar refractivity (Wildman–Crippen MR) is 111 cm³/mol. The summed E-state index contributed by atoms with van der Waals surface area (Å²) in [7, 11) is 1.65. The van der Waals surface area contributed by atoms with Gasteiger partial charge in [0.2, 0.25) is 0 Å². The van der Waals surface area contributed by atoms with Crippen molar-refractivity contribution in [2.24, 2.45) is 0 Å². The molecule has 2 N–H and O–H groups in total. The van der Waals surface area contributed by atoms with E-state index < -0.39 is 0 Å². The number of hydrogen-bond acceptors (Lipinski definition) is 3. The molecule has 0 amide bonds. The Kier molecular flexibility index (Phi) is 8.99. The Hall–Kier alpha value is -2.75. The Bertz CT molecular complexity index is 805. The number of anilines is 1. The van der Waals surface area contributed by atoms with E-state index in [1.54, 1.807) is 14.0 Å². The summed E-state index contributed by atoms with van der Waals surface area (Å²) >= 11 is 0. The zero-order chi connectivity index (χ0) is 19.5. The van der Waals surface area contributed by atoms with Crippen molar-refractivity contribution in [2.75, 3.05) is 12.4 Å². The molecule has 0 aliphatic rings. The van der Waals surface area contributed by atoms with E-state index in [4.69, 9.17) is 4.74 Å². The number of methoxy groups -OCH3 is 1. The van der Waals surface area contributed by atoms with Gasteiger partial charge in [0.05, 0.1) is 13.7 Å². The van der Waals surface area contributed by atoms with Gasteiger partial charge in [-0.2, -0.15) is 0 Å². The van der Waals surface area contributed by atoms with E-state index in [0.29, 0.717) is 6.54 Å². The number of carbonyl (C=O) groups excluding carboxylic acids is 1. The van der Waals surface area contributed by atoms with Gasteiger partial charge in [-0.15, -0.1) is 0 Å². The van der Waals surface area contributed by atoms with Crippen LogP contribution >= 0.6 is 0 Å². The number of nitrogens with one attached hydrogen (secondary N) is 2. The van der Waals surface area contributed by atoms with Crippen LogP contribution in [0.5, 0.6) is 5.75 Å². The summed E-state index contributed by atoms with van der Waals surface area (Å²) in [5.41, 5.74) is 3.88. The molecule has 0 bridgehead atoms. The Balaban J connectivity index is 0.000000791. The van der Waals surface area contributed by atoms with E-state index in [2.05, 4.69) is 16.4 Å². The summed E-state index contributed by atoms with van der Waals surface area (Å²) in [6, 6.07) is 15.6. The van der Waals surface area contributed by atoms with Gasteiger partial charge in [0.25, 0.3) is 0 Å². The van der Waals surface area contributed by atoms with Gasteiger partial charge >= 0.3 is 0 Å². The molecule has 2 aromatic carbocycles. The zero-order valence-electron chi connectivity index (χ0n) is 16.6. The van der Waals surface area contributed by atoms with Crippen LogP contribution in [0.2, 0.25) is 0 Å². The van der Waals surface area contributed by atoms with Crippen LogP contribution in [0.3, 0.4) is 0 Å². The fourth-order valence-electron chi connectivity index (χ4n) is 2.41. The largest absolute Gasteiger partial charge is 0.497 e. The molecule has 1 heterocycles. The van der Waals surface area contributed by atoms with Crippen molar-refractivity contribution in [3.05, 3.63) is 59.8 Å². The predicted octanol–water partition coefficient (Wildman–Crippen LogP) is 6.04. The number of ketones is 1. The number of aromatic amines is 1. The standard InChI is InChI=1S/C18H18N2O2.2C2H6/c1-12(21)13-3-8-18-14(9-13)10-16(20-18)11-19-15-4-6-17(22-2)7-5-15;2*1-2/h3-10,19-20H,11H2,1-2H3;2*1-2H3. The fraction of sp³-hybridized carbons (Fsp3) is 0.318. The van der Waals surface area contributed by atoms with Gasteiger partial charge in [0.1, 0.15) is 5.75 Å². The summed E-state index contributed by atoms with van der Waals surface area (Å²) in [6.45, 7) is 10.3. The molecule has 0 spiro atoms. The van der Waals surface area contributed by atoms with Crippen molar-refractivity contribution in [3.63, 3.8) is 0 Å². The summed E-state index contributed by atoms with van der Waals surface area (Å²) in [5.74, 6) is 0.925. The molecule has 3 rings (SSSR count). The fourth-order valence-corrected chi connectivity index (χ4v) is 2.41. The summed E-state index contributed by atoms with van der Waals surface area (Å²) in [6.07, 6.45) is 0. The van der Waals surface area contributed by atoms with E-state index in [1.807, 2.05) is 70.2 Å². The molecule has 26 heavy (non-hydrogen) atoms. The number of fused-ring (bicyclic) bond motifs is 1. The monoisotopic (exact) mass is 354 g/mol. The van der Waals surface area contributed by atoms with Crippen LogP contribution < -0.4 is 10.1 Å². The minimum atomic E-state index is 0.0843. The molecule has 1 aromatic heterocycles. The summed E-state index contributed by atoms with van der Waals surface area (Å²) in [4.78, 5) is 14.8. The van der Waals surface area contributed by atoms with Crippen molar-refractivity contribution in [3.8, 4) is 5.75 Å². The lowest BCUT2D eigenvalue weighted by Gasteiger charge is -2.06. The number of rotatable bonds is 5. The minimum absolute atomic E-state index is 0.0843. The zero-order valence-corrected chi connectivity index (χ0v) is 16.6. The quantitative estimate of drug-likeness (QED) is 0.549. The first-order valence-corrected chi connectivity index (χ1v) is 9.16. The minimum Gasteiger partial charge on any atom is -0.497 e. The number of ether oxygens (including phenoxy) is 1. The van der Waals surface area contributed by atoms with Crippen molar-refractivity contribution >= 4 is 22.4 Å². The van der Waals surface area contributed by atoms with Crippen molar-refractivity contribution in [1.82, 2.24) is 4.98 Å². The van der Waals surface area contributed by atoms with E-state index in [1.165, 1.54) is 0 Å². The van der Waals surface area contributed by atoms with Crippen molar-refractivity contribution < 1.29 is 9.53 Å². The Morgan fingerprint density at radius 1 is 1.00 bits per heavy atom. The molecule has 0 saturated carbocycles. The van der Waals surface area contributed by atoms with Crippen LogP contribution in [0.1, 0.15) is 50.7 Å². The van der Waals surface area contributed by atoms with Crippen LogP contribution in [-0.4, -0.2) is 17.9 Å². The average Bonchev–Trinajstić information content (AvgIpc) is 3.12. The molecule has 0 radical (unpaired) electrons. The second-order valence-electron chi connectivity index (χ2n) is 5.23. The number of Topliss-reactive ketones (excluding diaryl/α,β-unsaturated/α-hetero) is 1. The molecule has 0 aliphatic carbocycles. The average molecular weight is 354 g/mol. The maximum absolute atomic E-state index is 11.4. The maximum atomic E-state index is 11.4. The van der Waals surface area contributed by atoms with Crippen molar-refractivity contribution in [2.45, 2.75) is 41.2 Å². The molecule has 0 fully saturated rings. The Morgan fingerprint density at radius 2 is 1.65 bits per heavy atom.